The number of carbonyl (C=O) groups is 3. The van der Waals surface area contributed by atoms with Crippen LogP contribution in [0.2, 0.25) is 0 Å². The van der Waals surface area contributed by atoms with Crippen molar-refractivity contribution in [1.82, 2.24) is 14.8 Å². The third kappa shape index (κ3) is 4.50. The molecule has 0 bridgehead atoms. The number of rotatable bonds is 4. The SMILES string of the molecule is CC(=O)N(CC(=O)O)C1CCCN(C(=O)c2cncc(F)c2)CC1. The average molecular weight is 337 g/mol. The third-order valence-corrected chi connectivity index (χ3v) is 4.09. The van der Waals surface area contributed by atoms with Gasteiger partial charge in [0.2, 0.25) is 5.91 Å². The van der Waals surface area contributed by atoms with Crippen LogP contribution >= 0.6 is 0 Å². The quantitative estimate of drug-likeness (QED) is 0.890. The smallest absolute Gasteiger partial charge is 0.323 e. The Balaban J connectivity index is 2.05. The summed E-state index contributed by atoms with van der Waals surface area (Å²) in [5, 5.41) is 8.95. The maximum Gasteiger partial charge on any atom is 0.323 e. The van der Waals surface area contributed by atoms with E-state index in [0.717, 1.165) is 12.3 Å². The molecule has 0 aliphatic carbocycles. The Morgan fingerprint density at radius 2 is 2.08 bits per heavy atom. The molecule has 130 valence electrons. The Morgan fingerprint density at radius 3 is 2.71 bits per heavy atom. The first kappa shape index (κ1) is 17.8. The van der Waals surface area contributed by atoms with Gasteiger partial charge in [-0.15, -0.1) is 0 Å². The number of amides is 2. The Labute approximate surface area is 139 Å². The molecule has 2 rings (SSSR count). The van der Waals surface area contributed by atoms with Gasteiger partial charge in [0.15, 0.2) is 0 Å². The minimum absolute atomic E-state index is 0.183. The van der Waals surface area contributed by atoms with Gasteiger partial charge in [0.1, 0.15) is 12.4 Å². The van der Waals surface area contributed by atoms with Crippen molar-refractivity contribution < 1.29 is 23.9 Å². The van der Waals surface area contributed by atoms with Crippen LogP contribution in [0.3, 0.4) is 0 Å². The van der Waals surface area contributed by atoms with E-state index in [4.69, 9.17) is 5.11 Å². The highest BCUT2D eigenvalue weighted by atomic mass is 19.1. The second-order valence-electron chi connectivity index (χ2n) is 5.81. The van der Waals surface area contributed by atoms with Gasteiger partial charge >= 0.3 is 5.97 Å². The van der Waals surface area contributed by atoms with Crippen molar-refractivity contribution in [3.63, 3.8) is 0 Å². The zero-order chi connectivity index (χ0) is 17.7. The molecule has 1 aliphatic rings. The summed E-state index contributed by atoms with van der Waals surface area (Å²) in [6.45, 7) is 1.85. The molecule has 0 aromatic carbocycles. The van der Waals surface area contributed by atoms with Gasteiger partial charge in [-0.3, -0.25) is 19.4 Å². The molecule has 7 nitrogen and oxygen atoms in total. The van der Waals surface area contributed by atoms with E-state index in [0.29, 0.717) is 32.4 Å². The normalized spacial score (nSPS) is 17.9. The summed E-state index contributed by atoms with van der Waals surface area (Å²) in [6.07, 6.45) is 4.11. The Kier molecular flexibility index (Phi) is 5.83. The van der Waals surface area contributed by atoms with Crippen molar-refractivity contribution in [2.45, 2.75) is 32.2 Å². The molecule has 0 radical (unpaired) electrons. The van der Waals surface area contributed by atoms with Gasteiger partial charge in [0, 0.05) is 32.3 Å². The van der Waals surface area contributed by atoms with E-state index in [1.54, 1.807) is 4.90 Å². The van der Waals surface area contributed by atoms with Gasteiger partial charge in [-0.2, -0.15) is 0 Å². The second-order valence-corrected chi connectivity index (χ2v) is 5.81. The molecule has 8 heteroatoms. The first-order valence-corrected chi connectivity index (χ1v) is 7.77. The lowest BCUT2D eigenvalue weighted by Gasteiger charge is -2.28. The lowest BCUT2D eigenvalue weighted by Crippen LogP contribution is -2.43. The topological polar surface area (TPSA) is 90.8 Å². The molecular formula is C16H20FN3O4. The van der Waals surface area contributed by atoms with Crippen molar-refractivity contribution in [3.05, 3.63) is 29.8 Å². The standard InChI is InChI=1S/C16H20FN3O4/c1-11(21)20(10-15(22)23)14-3-2-5-19(6-4-14)16(24)12-7-13(17)9-18-8-12/h7-9,14H,2-6,10H2,1H3,(H,22,23). The largest absolute Gasteiger partial charge is 0.480 e. The predicted octanol–water partition coefficient (Wildman–Crippen LogP) is 1.15. The lowest BCUT2D eigenvalue weighted by atomic mass is 10.1. The number of hydrogen-bond acceptors (Lipinski definition) is 4. The first-order valence-electron chi connectivity index (χ1n) is 7.77. The number of carbonyl (C=O) groups excluding carboxylic acids is 2. The molecule has 0 saturated carbocycles. The van der Waals surface area contributed by atoms with Crippen LogP contribution in [0.25, 0.3) is 0 Å². The summed E-state index contributed by atoms with van der Waals surface area (Å²) >= 11 is 0. The van der Waals surface area contributed by atoms with E-state index in [1.165, 1.54) is 18.0 Å². The van der Waals surface area contributed by atoms with Crippen LogP contribution in [0.15, 0.2) is 18.5 Å². The second kappa shape index (κ2) is 7.85. The molecule has 1 aliphatic heterocycles. The number of likely N-dealkylation sites (tertiary alicyclic amines) is 1. The fraction of sp³-hybridized carbons (Fsp3) is 0.500. The highest BCUT2D eigenvalue weighted by molar-refractivity contribution is 5.93. The third-order valence-electron chi connectivity index (χ3n) is 4.09. The van der Waals surface area contributed by atoms with Gasteiger partial charge in [-0.05, 0) is 25.3 Å². The van der Waals surface area contributed by atoms with Crippen LogP contribution in [0.5, 0.6) is 0 Å². The van der Waals surface area contributed by atoms with E-state index in [2.05, 4.69) is 4.98 Å². The van der Waals surface area contributed by atoms with E-state index in [9.17, 15) is 18.8 Å². The fourth-order valence-corrected chi connectivity index (χ4v) is 2.95. The van der Waals surface area contributed by atoms with Crippen LogP contribution in [0, 0.1) is 5.82 Å². The minimum atomic E-state index is -1.06. The van der Waals surface area contributed by atoms with E-state index in [-0.39, 0.29) is 30.0 Å². The van der Waals surface area contributed by atoms with E-state index in [1.807, 2.05) is 0 Å². The van der Waals surface area contributed by atoms with Crippen LogP contribution < -0.4 is 0 Å². The molecule has 1 saturated heterocycles. The monoisotopic (exact) mass is 337 g/mol. The molecule has 1 fully saturated rings. The molecule has 2 amide bonds. The summed E-state index contributed by atoms with van der Waals surface area (Å²) in [5.41, 5.74) is 0.183. The minimum Gasteiger partial charge on any atom is -0.480 e. The van der Waals surface area contributed by atoms with Crippen LogP contribution in [0.4, 0.5) is 4.39 Å². The zero-order valence-electron chi connectivity index (χ0n) is 13.4. The number of nitrogens with zero attached hydrogens (tertiary/aromatic N) is 3. The van der Waals surface area contributed by atoms with Crippen LogP contribution in [-0.4, -0.2) is 63.4 Å². The Morgan fingerprint density at radius 1 is 1.33 bits per heavy atom. The van der Waals surface area contributed by atoms with Crippen molar-refractivity contribution in [2.75, 3.05) is 19.6 Å². The number of aliphatic carboxylic acids is 1. The Bertz CT molecular complexity index is 638. The van der Waals surface area contributed by atoms with Crippen molar-refractivity contribution in [3.8, 4) is 0 Å². The van der Waals surface area contributed by atoms with Crippen LogP contribution in [-0.2, 0) is 9.59 Å². The fourth-order valence-electron chi connectivity index (χ4n) is 2.95. The number of halogens is 1. The van der Waals surface area contributed by atoms with Gasteiger partial charge < -0.3 is 14.9 Å². The molecule has 1 N–H and O–H groups in total. The summed E-state index contributed by atoms with van der Waals surface area (Å²) in [7, 11) is 0. The molecule has 1 aromatic rings. The highest BCUT2D eigenvalue weighted by Crippen LogP contribution is 2.19. The van der Waals surface area contributed by atoms with Gasteiger partial charge in [0.05, 0.1) is 11.8 Å². The number of pyridine rings is 1. The van der Waals surface area contributed by atoms with Gasteiger partial charge in [0.25, 0.3) is 5.91 Å². The summed E-state index contributed by atoms with van der Waals surface area (Å²) < 4.78 is 13.2. The van der Waals surface area contributed by atoms with E-state index >= 15 is 0 Å². The van der Waals surface area contributed by atoms with E-state index < -0.39 is 11.8 Å². The zero-order valence-corrected chi connectivity index (χ0v) is 13.4. The maximum atomic E-state index is 13.2. The lowest BCUT2D eigenvalue weighted by molar-refractivity contribution is -0.145. The van der Waals surface area contributed by atoms with Gasteiger partial charge in [-0.1, -0.05) is 0 Å². The molecule has 2 heterocycles. The number of aromatic nitrogens is 1. The average Bonchev–Trinajstić information content (AvgIpc) is 2.77. The number of carboxylic acid groups (broad SMARTS) is 1. The molecule has 1 unspecified atom stereocenters. The highest BCUT2D eigenvalue weighted by Gasteiger charge is 2.28. The molecular weight excluding hydrogens is 317 g/mol. The molecule has 1 aromatic heterocycles. The summed E-state index contributed by atoms with van der Waals surface area (Å²) in [4.78, 5) is 41.7. The number of hydrogen-bond donors (Lipinski definition) is 1. The van der Waals surface area contributed by atoms with Gasteiger partial charge in [-0.25, -0.2) is 4.39 Å². The Hall–Kier alpha value is -2.51. The van der Waals surface area contributed by atoms with Crippen molar-refractivity contribution >= 4 is 17.8 Å². The molecule has 1 atom stereocenters. The number of carboxylic acids is 1. The summed E-state index contributed by atoms with van der Waals surface area (Å²) in [6, 6.07) is 0.923. The van der Waals surface area contributed by atoms with Crippen molar-refractivity contribution in [1.29, 1.82) is 0 Å². The van der Waals surface area contributed by atoms with Crippen molar-refractivity contribution in [2.24, 2.45) is 0 Å². The van der Waals surface area contributed by atoms with Crippen LogP contribution in [0.1, 0.15) is 36.5 Å². The maximum absolute atomic E-state index is 13.2. The molecule has 24 heavy (non-hydrogen) atoms. The predicted molar refractivity (Wildman–Crippen MR) is 82.8 cm³/mol. The first-order chi connectivity index (χ1) is 11.4. The summed E-state index contributed by atoms with van der Waals surface area (Å²) in [5.74, 6) is -2.24. The molecule has 0 spiro atoms.